The van der Waals surface area contributed by atoms with Crippen LogP contribution in [0.2, 0.25) is 0 Å². The molecule has 0 bridgehead atoms. The van der Waals surface area contributed by atoms with Gasteiger partial charge in [0.2, 0.25) is 0 Å². The Balaban J connectivity index is 3.51. The molecule has 3 heteroatoms. The second kappa shape index (κ2) is 6.40. The largest absolute Gasteiger partial charge is 0.374 e. The van der Waals surface area contributed by atoms with Crippen LogP contribution in [0.3, 0.4) is 0 Å². The van der Waals surface area contributed by atoms with Crippen LogP contribution in [0.25, 0.3) is 0 Å². The fourth-order valence-corrected chi connectivity index (χ4v) is 1.17. The van der Waals surface area contributed by atoms with Crippen LogP contribution in [-0.2, 0) is 4.74 Å². The van der Waals surface area contributed by atoms with Crippen LogP contribution >= 0.6 is 0 Å². The maximum Gasteiger partial charge on any atom is 0.0672 e. The summed E-state index contributed by atoms with van der Waals surface area (Å²) in [7, 11) is 0. The molecule has 0 rings (SSSR count). The molecule has 0 aliphatic heterocycles. The fourth-order valence-electron chi connectivity index (χ4n) is 1.17. The Morgan fingerprint density at radius 3 is 2.00 bits per heavy atom. The number of rotatable bonds is 6. The van der Waals surface area contributed by atoms with E-state index in [1.54, 1.807) is 0 Å². The van der Waals surface area contributed by atoms with Gasteiger partial charge in [-0.2, -0.15) is 0 Å². The summed E-state index contributed by atoms with van der Waals surface area (Å²) in [6.45, 7) is 7.50. The van der Waals surface area contributed by atoms with Crippen molar-refractivity contribution >= 4 is 0 Å². The molecular weight excluding hydrogens is 152 g/mol. The van der Waals surface area contributed by atoms with Crippen molar-refractivity contribution in [3.05, 3.63) is 0 Å². The zero-order valence-corrected chi connectivity index (χ0v) is 8.42. The molecule has 4 N–H and O–H groups in total. The molecule has 0 radical (unpaired) electrons. The van der Waals surface area contributed by atoms with Gasteiger partial charge < -0.3 is 16.2 Å². The first-order valence-corrected chi connectivity index (χ1v) is 4.65. The Kier molecular flexibility index (Phi) is 6.34. The lowest BCUT2D eigenvalue weighted by Crippen LogP contribution is -2.27. The van der Waals surface area contributed by atoms with Crippen molar-refractivity contribution in [1.29, 1.82) is 0 Å². The number of nitrogens with two attached hydrogens (primary N) is 2. The molecule has 0 aromatic carbocycles. The average molecular weight is 174 g/mol. The Bertz CT molecular complexity index is 96.7. The highest BCUT2D eigenvalue weighted by atomic mass is 16.5. The lowest BCUT2D eigenvalue weighted by Gasteiger charge is -2.20. The van der Waals surface area contributed by atoms with Crippen molar-refractivity contribution in [2.75, 3.05) is 13.1 Å². The van der Waals surface area contributed by atoms with Gasteiger partial charge in [-0.25, -0.2) is 0 Å². The van der Waals surface area contributed by atoms with Gasteiger partial charge in [-0.1, -0.05) is 6.92 Å². The minimum atomic E-state index is 0.157. The first-order chi connectivity index (χ1) is 5.60. The topological polar surface area (TPSA) is 61.3 Å². The molecule has 0 aromatic heterocycles. The quantitative estimate of drug-likeness (QED) is 0.624. The Labute approximate surface area is 75.5 Å². The zero-order valence-electron chi connectivity index (χ0n) is 8.42. The molecule has 74 valence electrons. The van der Waals surface area contributed by atoms with Gasteiger partial charge in [0.05, 0.1) is 12.2 Å². The summed E-state index contributed by atoms with van der Waals surface area (Å²) in [6.07, 6.45) is 1.44. The second-order valence-electron chi connectivity index (χ2n) is 3.57. The minimum Gasteiger partial charge on any atom is -0.374 e. The molecule has 0 heterocycles. The summed E-state index contributed by atoms with van der Waals surface area (Å²) in [5.74, 6) is 0.532. The standard InChI is InChI=1S/C9H22N2O/c1-7(5-10)4-8(2)12-9(3)6-11/h7-9H,4-6,10-11H2,1-3H3/t7-,8+,9-/m1/s1. The summed E-state index contributed by atoms with van der Waals surface area (Å²) < 4.78 is 5.59. The van der Waals surface area contributed by atoms with Crippen molar-refractivity contribution in [3.8, 4) is 0 Å². The van der Waals surface area contributed by atoms with E-state index in [0.717, 1.165) is 13.0 Å². The average Bonchev–Trinajstić information content (AvgIpc) is 2.03. The normalized spacial score (nSPS) is 18.8. The predicted octanol–water partition coefficient (Wildman–Crippen LogP) is 0.724. The van der Waals surface area contributed by atoms with Crippen molar-refractivity contribution in [2.45, 2.75) is 39.4 Å². The van der Waals surface area contributed by atoms with Crippen LogP contribution < -0.4 is 11.5 Å². The molecule has 0 fully saturated rings. The zero-order chi connectivity index (χ0) is 9.56. The molecule has 0 saturated carbocycles. The van der Waals surface area contributed by atoms with Crippen LogP contribution in [-0.4, -0.2) is 25.3 Å². The predicted molar refractivity (Wildman–Crippen MR) is 51.9 cm³/mol. The van der Waals surface area contributed by atoms with Gasteiger partial charge >= 0.3 is 0 Å². The third kappa shape index (κ3) is 5.52. The molecule has 0 amide bonds. The van der Waals surface area contributed by atoms with Gasteiger partial charge in [0.1, 0.15) is 0 Å². The first-order valence-electron chi connectivity index (χ1n) is 4.65. The Morgan fingerprint density at radius 2 is 1.58 bits per heavy atom. The minimum absolute atomic E-state index is 0.157. The molecule has 0 aromatic rings. The van der Waals surface area contributed by atoms with Crippen LogP contribution in [0.5, 0.6) is 0 Å². The molecule has 0 spiro atoms. The van der Waals surface area contributed by atoms with Crippen LogP contribution in [0.4, 0.5) is 0 Å². The van der Waals surface area contributed by atoms with E-state index in [1.807, 2.05) is 6.92 Å². The van der Waals surface area contributed by atoms with Crippen molar-refractivity contribution < 1.29 is 4.74 Å². The van der Waals surface area contributed by atoms with E-state index in [2.05, 4.69) is 13.8 Å². The van der Waals surface area contributed by atoms with Gasteiger partial charge in [-0.05, 0) is 32.7 Å². The lowest BCUT2D eigenvalue weighted by molar-refractivity contribution is 0.00242. The maximum absolute atomic E-state index is 5.59. The summed E-state index contributed by atoms with van der Waals surface area (Å²) in [6, 6.07) is 0. The van der Waals surface area contributed by atoms with Gasteiger partial charge in [-0.15, -0.1) is 0 Å². The van der Waals surface area contributed by atoms with E-state index in [0.29, 0.717) is 12.5 Å². The van der Waals surface area contributed by atoms with Gasteiger partial charge in [0.25, 0.3) is 0 Å². The molecule has 3 nitrogen and oxygen atoms in total. The van der Waals surface area contributed by atoms with Crippen LogP contribution in [0.1, 0.15) is 27.2 Å². The molecule has 0 saturated heterocycles. The third-order valence-corrected chi connectivity index (χ3v) is 1.93. The molecular formula is C9H22N2O. The molecule has 0 aliphatic rings. The highest BCUT2D eigenvalue weighted by Crippen LogP contribution is 2.08. The molecule has 3 atom stereocenters. The van der Waals surface area contributed by atoms with Crippen LogP contribution in [0.15, 0.2) is 0 Å². The summed E-state index contributed by atoms with van der Waals surface area (Å²) >= 11 is 0. The lowest BCUT2D eigenvalue weighted by atomic mass is 10.1. The highest BCUT2D eigenvalue weighted by Gasteiger charge is 2.10. The van der Waals surface area contributed by atoms with E-state index in [9.17, 15) is 0 Å². The van der Waals surface area contributed by atoms with Crippen molar-refractivity contribution in [3.63, 3.8) is 0 Å². The van der Waals surface area contributed by atoms with E-state index in [1.165, 1.54) is 0 Å². The monoisotopic (exact) mass is 174 g/mol. The number of ether oxygens (including phenoxy) is 1. The van der Waals surface area contributed by atoms with Crippen molar-refractivity contribution in [2.24, 2.45) is 17.4 Å². The molecule has 0 aliphatic carbocycles. The van der Waals surface area contributed by atoms with Crippen molar-refractivity contribution in [1.82, 2.24) is 0 Å². The fraction of sp³-hybridized carbons (Fsp3) is 1.00. The molecule has 0 unspecified atom stereocenters. The van der Waals surface area contributed by atoms with Gasteiger partial charge in [0, 0.05) is 6.54 Å². The number of hydrogen-bond acceptors (Lipinski definition) is 3. The third-order valence-electron chi connectivity index (χ3n) is 1.93. The molecule has 12 heavy (non-hydrogen) atoms. The number of hydrogen-bond donors (Lipinski definition) is 2. The Hall–Kier alpha value is -0.120. The smallest absolute Gasteiger partial charge is 0.0672 e. The summed E-state index contributed by atoms with van der Waals surface area (Å²) in [4.78, 5) is 0. The van der Waals surface area contributed by atoms with Gasteiger partial charge in [-0.3, -0.25) is 0 Å². The Morgan fingerprint density at radius 1 is 1.00 bits per heavy atom. The van der Waals surface area contributed by atoms with Gasteiger partial charge in [0.15, 0.2) is 0 Å². The van der Waals surface area contributed by atoms with E-state index >= 15 is 0 Å². The summed E-state index contributed by atoms with van der Waals surface area (Å²) in [5, 5.41) is 0. The maximum atomic E-state index is 5.59. The van der Waals surface area contributed by atoms with E-state index < -0.39 is 0 Å². The highest BCUT2D eigenvalue weighted by molar-refractivity contribution is 4.61. The second-order valence-corrected chi connectivity index (χ2v) is 3.57. The van der Waals surface area contributed by atoms with E-state index in [4.69, 9.17) is 16.2 Å². The van der Waals surface area contributed by atoms with E-state index in [-0.39, 0.29) is 12.2 Å². The van der Waals surface area contributed by atoms with Crippen LogP contribution in [0, 0.1) is 5.92 Å². The SMILES string of the molecule is C[C@@H](CN)C[C@H](C)O[C@H](C)CN. The first kappa shape index (κ1) is 11.9. The summed E-state index contributed by atoms with van der Waals surface area (Å²) in [5.41, 5.74) is 10.9.